The summed E-state index contributed by atoms with van der Waals surface area (Å²) in [6.07, 6.45) is 3.35. The molecule has 2 aromatic heterocycles. The van der Waals surface area contributed by atoms with E-state index in [1.807, 2.05) is 6.92 Å². The minimum atomic E-state index is -0.283. The van der Waals surface area contributed by atoms with Crippen LogP contribution in [-0.4, -0.2) is 25.3 Å². The number of rotatable bonds is 2. The van der Waals surface area contributed by atoms with Crippen LogP contribution in [0.2, 0.25) is 0 Å². The molecule has 3 rings (SSSR count). The van der Waals surface area contributed by atoms with E-state index in [0.717, 1.165) is 11.1 Å². The molecular weight excluding hydrogens is 258 g/mol. The maximum Gasteiger partial charge on any atom is 0.262 e. The van der Waals surface area contributed by atoms with Gasteiger partial charge in [0.2, 0.25) is 5.82 Å². The minimum absolute atomic E-state index is 0.143. The molecule has 2 heterocycles. The number of phenols is 2. The van der Waals surface area contributed by atoms with Crippen LogP contribution >= 0.6 is 0 Å². The van der Waals surface area contributed by atoms with E-state index >= 15 is 0 Å². The van der Waals surface area contributed by atoms with Crippen LogP contribution in [0.25, 0.3) is 22.8 Å². The SMILES string of the molecule is Cc1cnccc1-c1noc(-c2cccc(O)c2O)n1. The van der Waals surface area contributed by atoms with E-state index in [9.17, 15) is 10.2 Å². The Morgan fingerprint density at radius 2 is 1.95 bits per heavy atom. The number of benzene rings is 1. The van der Waals surface area contributed by atoms with Gasteiger partial charge in [0.25, 0.3) is 5.89 Å². The quantitative estimate of drug-likeness (QED) is 0.694. The van der Waals surface area contributed by atoms with Crippen molar-refractivity contribution in [2.45, 2.75) is 6.92 Å². The summed E-state index contributed by atoms with van der Waals surface area (Å²) in [5.74, 6) is 0.0312. The van der Waals surface area contributed by atoms with Crippen molar-refractivity contribution in [3.8, 4) is 34.3 Å². The molecule has 0 atom stereocenters. The normalized spacial score (nSPS) is 10.7. The maximum absolute atomic E-state index is 9.80. The van der Waals surface area contributed by atoms with Gasteiger partial charge in [0.1, 0.15) is 0 Å². The summed E-state index contributed by atoms with van der Waals surface area (Å²) in [6.45, 7) is 1.89. The van der Waals surface area contributed by atoms with Gasteiger partial charge in [-0.15, -0.1) is 0 Å². The highest BCUT2D eigenvalue weighted by molar-refractivity contribution is 5.68. The molecule has 0 saturated carbocycles. The Bertz CT molecular complexity index is 768. The number of hydrogen-bond acceptors (Lipinski definition) is 6. The van der Waals surface area contributed by atoms with Gasteiger partial charge < -0.3 is 14.7 Å². The molecule has 0 aliphatic heterocycles. The van der Waals surface area contributed by atoms with E-state index in [0.29, 0.717) is 5.82 Å². The van der Waals surface area contributed by atoms with Crippen molar-refractivity contribution < 1.29 is 14.7 Å². The van der Waals surface area contributed by atoms with Crippen LogP contribution in [0.4, 0.5) is 0 Å². The van der Waals surface area contributed by atoms with Crippen molar-refractivity contribution in [1.29, 1.82) is 0 Å². The van der Waals surface area contributed by atoms with Crippen LogP contribution in [0.1, 0.15) is 5.56 Å². The molecule has 6 nitrogen and oxygen atoms in total. The number of pyridine rings is 1. The molecule has 0 fully saturated rings. The zero-order chi connectivity index (χ0) is 14.1. The van der Waals surface area contributed by atoms with E-state index in [1.165, 1.54) is 6.07 Å². The Balaban J connectivity index is 2.07. The van der Waals surface area contributed by atoms with Gasteiger partial charge in [0.05, 0.1) is 5.56 Å². The topological polar surface area (TPSA) is 92.3 Å². The fourth-order valence-electron chi connectivity index (χ4n) is 1.87. The van der Waals surface area contributed by atoms with Crippen LogP contribution in [0, 0.1) is 6.92 Å². The largest absolute Gasteiger partial charge is 0.504 e. The molecule has 0 spiro atoms. The first-order valence-corrected chi connectivity index (χ1v) is 5.93. The molecule has 20 heavy (non-hydrogen) atoms. The van der Waals surface area contributed by atoms with Gasteiger partial charge in [-0.05, 0) is 30.7 Å². The minimum Gasteiger partial charge on any atom is -0.504 e. The lowest BCUT2D eigenvalue weighted by Crippen LogP contribution is -1.86. The van der Waals surface area contributed by atoms with Crippen molar-refractivity contribution in [2.24, 2.45) is 0 Å². The zero-order valence-electron chi connectivity index (χ0n) is 10.6. The number of phenolic OH excluding ortho intramolecular Hbond substituents is 2. The van der Waals surface area contributed by atoms with Gasteiger partial charge >= 0.3 is 0 Å². The summed E-state index contributed by atoms with van der Waals surface area (Å²) in [4.78, 5) is 8.24. The smallest absolute Gasteiger partial charge is 0.262 e. The van der Waals surface area contributed by atoms with Crippen molar-refractivity contribution in [2.75, 3.05) is 0 Å². The summed E-state index contributed by atoms with van der Waals surface area (Å²) in [5, 5.41) is 23.2. The Labute approximate surface area is 114 Å². The Morgan fingerprint density at radius 1 is 1.10 bits per heavy atom. The van der Waals surface area contributed by atoms with E-state index in [4.69, 9.17) is 4.52 Å². The van der Waals surface area contributed by atoms with Crippen LogP contribution in [0.3, 0.4) is 0 Å². The van der Waals surface area contributed by atoms with E-state index in [2.05, 4.69) is 15.1 Å². The van der Waals surface area contributed by atoms with Gasteiger partial charge in [-0.2, -0.15) is 4.98 Å². The van der Waals surface area contributed by atoms with Gasteiger partial charge in [0, 0.05) is 18.0 Å². The third-order valence-electron chi connectivity index (χ3n) is 2.93. The molecule has 100 valence electrons. The van der Waals surface area contributed by atoms with E-state index in [1.54, 1.807) is 30.6 Å². The number of aromatic hydroxyl groups is 2. The Morgan fingerprint density at radius 3 is 2.75 bits per heavy atom. The Hall–Kier alpha value is -2.89. The van der Waals surface area contributed by atoms with E-state index in [-0.39, 0.29) is 23.0 Å². The molecule has 0 aliphatic carbocycles. The van der Waals surface area contributed by atoms with Gasteiger partial charge in [0.15, 0.2) is 11.5 Å². The molecule has 0 unspecified atom stereocenters. The zero-order valence-corrected chi connectivity index (χ0v) is 10.6. The molecule has 0 amide bonds. The highest BCUT2D eigenvalue weighted by Crippen LogP contribution is 2.35. The molecule has 0 aliphatic rings. The molecule has 3 aromatic rings. The lowest BCUT2D eigenvalue weighted by molar-refractivity contribution is 0.397. The number of para-hydroxylation sites is 1. The summed E-state index contributed by atoms with van der Waals surface area (Å²) in [5.41, 5.74) is 2.00. The highest BCUT2D eigenvalue weighted by Gasteiger charge is 2.16. The van der Waals surface area contributed by atoms with E-state index < -0.39 is 0 Å². The van der Waals surface area contributed by atoms with Gasteiger partial charge in [-0.1, -0.05) is 11.2 Å². The van der Waals surface area contributed by atoms with Crippen LogP contribution in [0.15, 0.2) is 41.2 Å². The lowest BCUT2D eigenvalue weighted by atomic mass is 10.1. The van der Waals surface area contributed by atoms with Crippen molar-refractivity contribution in [3.63, 3.8) is 0 Å². The number of hydrogen-bond donors (Lipinski definition) is 2. The van der Waals surface area contributed by atoms with Crippen molar-refractivity contribution >= 4 is 0 Å². The first-order valence-electron chi connectivity index (χ1n) is 5.93. The standard InChI is InChI=1S/C14H11N3O3/c1-8-7-15-6-5-9(8)13-16-14(20-17-13)10-3-2-4-11(18)12(10)19/h2-7,18-19H,1H3. The first kappa shape index (κ1) is 12.2. The van der Waals surface area contributed by atoms with Crippen molar-refractivity contribution in [1.82, 2.24) is 15.1 Å². The van der Waals surface area contributed by atoms with Gasteiger partial charge in [-0.25, -0.2) is 0 Å². The predicted molar refractivity (Wildman–Crippen MR) is 71.0 cm³/mol. The molecule has 6 heteroatoms. The molecule has 0 saturated heterocycles. The second-order valence-corrected chi connectivity index (χ2v) is 4.29. The summed E-state index contributed by atoms with van der Waals surface area (Å²) in [7, 11) is 0. The van der Waals surface area contributed by atoms with Crippen LogP contribution < -0.4 is 0 Å². The molecule has 0 radical (unpaired) electrons. The maximum atomic E-state index is 9.80. The second kappa shape index (κ2) is 4.65. The second-order valence-electron chi connectivity index (χ2n) is 4.29. The fraction of sp³-hybridized carbons (Fsp3) is 0.0714. The average molecular weight is 269 g/mol. The van der Waals surface area contributed by atoms with Crippen molar-refractivity contribution in [3.05, 3.63) is 42.2 Å². The number of aryl methyl sites for hydroxylation is 1. The summed E-state index contributed by atoms with van der Waals surface area (Å²) >= 11 is 0. The first-order chi connectivity index (χ1) is 9.66. The molecular formula is C14H11N3O3. The predicted octanol–water partition coefficient (Wildman–Crippen LogP) is 2.52. The monoisotopic (exact) mass is 269 g/mol. The summed E-state index contributed by atoms with van der Waals surface area (Å²) in [6, 6.07) is 6.34. The molecule has 2 N–H and O–H groups in total. The van der Waals surface area contributed by atoms with Gasteiger partial charge in [-0.3, -0.25) is 4.98 Å². The molecule has 1 aromatic carbocycles. The third-order valence-corrected chi connectivity index (χ3v) is 2.93. The highest BCUT2D eigenvalue weighted by atomic mass is 16.5. The third kappa shape index (κ3) is 1.97. The van der Waals surface area contributed by atoms with Crippen LogP contribution in [-0.2, 0) is 0 Å². The number of aromatic nitrogens is 3. The summed E-state index contributed by atoms with van der Waals surface area (Å²) < 4.78 is 5.14. The Kier molecular flexibility index (Phi) is 2.83. The lowest BCUT2D eigenvalue weighted by Gasteiger charge is -2.00. The molecule has 0 bridgehead atoms. The fourth-order valence-corrected chi connectivity index (χ4v) is 1.87. The van der Waals surface area contributed by atoms with Crippen LogP contribution in [0.5, 0.6) is 11.5 Å². The number of nitrogens with zero attached hydrogens (tertiary/aromatic N) is 3. The average Bonchev–Trinajstić information content (AvgIpc) is 2.92.